The summed E-state index contributed by atoms with van der Waals surface area (Å²) in [5.41, 5.74) is -0.284. The molecule has 0 atom stereocenters. The SMILES string of the molecule is COCCCNC(=O)N(C)Cc1cccc(C(F)(F)F)c1. The normalized spacial score (nSPS) is 11.3. The number of alkyl halides is 3. The number of nitrogens with zero attached hydrogens (tertiary/aromatic N) is 1. The van der Waals surface area contributed by atoms with Crippen molar-refractivity contribution in [3.8, 4) is 0 Å². The first-order valence-corrected chi connectivity index (χ1v) is 6.48. The number of urea groups is 1. The van der Waals surface area contributed by atoms with Crippen molar-refractivity contribution in [3.05, 3.63) is 35.4 Å². The molecule has 1 rings (SSSR count). The lowest BCUT2D eigenvalue weighted by molar-refractivity contribution is -0.137. The van der Waals surface area contributed by atoms with Crippen molar-refractivity contribution in [2.45, 2.75) is 19.1 Å². The Morgan fingerprint density at radius 1 is 1.38 bits per heavy atom. The molecule has 0 aromatic heterocycles. The smallest absolute Gasteiger partial charge is 0.385 e. The molecule has 1 aromatic carbocycles. The van der Waals surface area contributed by atoms with Crippen LogP contribution in [-0.4, -0.2) is 38.2 Å². The predicted molar refractivity (Wildman–Crippen MR) is 72.8 cm³/mol. The van der Waals surface area contributed by atoms with Crippen LogP contribution >= 0.6 is 0 Å². The van der Waals surface area contributed by atoms with Crippen molar-refractivity contribution in [2.75, 3.05) is 27.3 Å². The fourth-order valence-corrected chi connectivity index (χ4v) is 1.74. The molecule has 0 unspecified atom stereocenters. The Balaban J connectivity index is 2.54. The van der Waals surface area contributed by atoms with Crippen molar-refractivity contribution >= 4 is 6.03 Å². The second-order valence-electron chi connectivity index (χ2n) is 4.63. The topological polar surface area (TPSA) is 41.6 Å². The maximum absolute atomic E-state index is 12.6. The van der Waals surface area contributed by atoms with Gasteiger partial charge in [-0.15, -0.1) is 0 Å². The third-order valence-electron chi connectivity index (χ3n) is 2.82. The Morgan fingerprint density at radius 2 is 2.10 bits per heavy atom. The van der Waals surface area contributed by atoms with Gasteiger partial charge in [0.1, 0.15) is 0 Å². The van der Waals surface area contributed by atoms with Crippen LogP contribution in [0.5, 0.6) is 0 Å². The summed E-state index contributed by atoms with van der Waals surface area (Å²) < 4.78 is 42.6. The van der Waals surface area contributed by atoms with E-state index in [0.717, 1.165) is 12.1 Å². The van der Waals surface area contributed by atoms with Gasteiger partial charge in [-0.25, -0.2) is 4.79 Å². The third-order valence-corrected chi connectivity index (χ3v) is 2.82. The number of rotatable bonds is 6. The van der Waals surface area contributed by atoms with E-state index in [1.807, 2.05) is 0 Å². The van der Waals surface area contributed by atoms with Crippen LogP contribution in [0.25, 0.3) is 0 Å². The second-order valence-corrected chi connectivity index (χ2v) is 4.63. The van der Waals surface area contributed by atoms with Gasteiger partial charge in [0.25, 0.3) is 0 Å². The molecule has 0 bridgehead atoms. The van der Waals surface area contributed by atoms with Crippen LogP contribution in [-0.2, 0) is 17.5 Å². The molecule has 0 saturated heterocycles. The highest BCUT2D eigenvalue weighted by Crippen LogP contribution is 2.29. The van der Waals surface area contributed by atoms with E-state index in [2.05, 4.69) is 5.32 Å². The van der Waals surface area contributed by atoms with Crippen molar-refractivity contribution in [2.24, 2.45) is 0 Å². The van der Waals surface area contributed by atoms with Crippen LogP contribution in [0.1, 0.15) is 17.5 Å². The minimum Gasteiger partial charge on any atom is -0.385 e. The quantitative estimate of drug-likeness (QED) is 0.821. The fraction of sp³-hybridized carbons (Fsp3) is 0.500. The zero-order chi connectivity index (χ0) is 15.9. The summed E-state index contributed by atoms with van der Waals surface area (Å²) in [5.74, 6) is 0. The van der Waals surface area contributed by atoms with Gasteiger partial charge in [-0.05, 0) is 24.1 Å². The molecule has 0 fully saturated rings. The Labute approximate surface area is 121 Å². The summed E-state index contributed by atoms with van der Waals surface area (Å²) in [7, 11) is 3.10. The Hall–Kier alpha value is -1.76. The molecule has 0 aliphatic rings. The number of methoxy groups -OCH3 is 1. The van der Waals surface area contributed by atoms with Crippen LogP contribution in [0.3, 0.4) is 0 Å². The summed E-state index contributed by atoms with van der Waals surface area (Å²) >= 11 is 0. The summed E-state index contributed by atoms with van der Waals surface area (Å²) in [5, 5.41) is 2.67. The lowest BCUT2D eigenvalue weighted by atomic mass is 10.1. The van der Waals surface area contributed by atoms with Crippen LogP contribution in [0, 0.1) is 0 Å². The lowest BCUT2D eigenvalue weighted by Gasteiger charge is -2.18. The van der Waals surface area contributed by atoms with Gasteiger partial charge in [-0.2, -0.15) is 13.2 Å². The number of amides is 2. The summed E-state index contributed by atoms with van der Waals surface area (Å²) in [6, 6.07) is 4.62. The van der Waals surface area contributed by atoms with Gasteiger partial charge in [0.2, 0.25) is 0 Å². The zero-order valence-corrected chi connectivity index (χ0v) is 12.0. The van der Waals surface area contributed by atoms with Crippen molar-refractivity contribution in [3.63, 3.8) is 0 Å². The van der Waals surface area contributed by atoms with Crippen molar-refractivity contribution in [1.29, 1.82) is 0 Å². The molecule has 0 heterocycles. The molecule has 2 amide bonds. The second kappa shape index (κ2) is 7.87. The van der Waals surface area contributed by atoms with Gasteiger partial charge >= 0.3 is 12.2 Å². The number of hydrogen-bond donors (Lipinski definition) is 1. The molecule has 0 aliphatic carbocycles. The van der Waals surface area contributed by atoms with E-state index < -0.39 is 11.7 Å². The summed E-state index contributed by atoms with van der Waals surface area (Å²) in [4.78, 5) is 13.1. The van der Waals surface area contributed by atoms with Gasteiger partial charge in [0, 0.05) is 33.9 Å². The highest BCUT2D eigenvalue weighted by molar-refractivity contribution is 5.73. The maximum Gasteiger partial charge on any atom is 0.416 e. The largest absolute Gasteiger partial charge is 0.416 e. The van der Waals surface area contributed by atoms with Crippen LogP contribution in [0.15, 0.2) is 24.3 Å². The first-order chi connectivity index (χ1) is 9.84. The molecule has 0 spiro atoms. The minimum absolute atomic E-state index is 0.111. The number of benzene rings is 1. The Kier molecular flexibility index (Phi) is 6.48. The van der Waals surface area contributed by atoms with E-state index in [1.165, 1.54) is 18.0 Å². The Morgan fingerprint density at radius 3 is 2.71 bits per heavy atom. The zero-order valence-electron chi connectivity index (χ0n) is 12.0. The number of halogens is 3. The molecule has 7 heteroatoms. The van der Waals surface area contributed by atoms with E-state index in [0.29, 0.717) is 25.1 Å². The molecule has 118 valence electrons. The van der Waals surface area contributed by atoms with Crippen LogP contribution in [0.2, 0.25) is 0 Å². The molecule has 0 saturated carbocycles. The maximum atomic E-state index is 12.6. The van der Waals surface area contributed by atoms with Gasteiger partial charge in [0.05, 0.1) is 5.56 Å². The van der Waals surface area contributed by atoms with Crippen LogP contribution in [0.4, 0.5) is 18.0 Å². The number of hydrogen-bond acceptors (Lipinski definition) is 2. The first kappa shape index (κ1) is 17.3. The van der Waals surface area contributed by atoms with E-state index in [1.54, 1.807) is 13.2 Å². The van der Waals surface area contributed by atoms with Gasteiger partial charge in [-0.1, -0.05) is 12.1 Å². The summed E-state index contributed by atoms with van der Waals surface area (Å²) in [6.07, 6.45) is -3.70. The third kappa shape index (κ3) is 6.03. The highest BCUT2D eigenvalue weighted by Gasteiger charge is 2.30. The van der Waals surface area contributed by atoms with E-state index >= 15 is 0 Å². The van der Waals surface area contributed by atoms with E-state index in [9.17, 15) is 18.0 Å². The Bertz CT molecular complexity index is 464. The van der Waals surface area contributed by atoms with Gasteiger partial charge < -0.3 is 15.0 Å². The number of nitrogens with one attached hydrogen (secondary N) is 1. The van der Waals surface area contributed by atoms with E-state index in [4.69, 9.17) is 4.74 Å². The van der Waals surface area contributed by atoms with E-state index in [-0.39, 0.29) is 12.6 Å². The number of carbonyl (C=O) groups is 1. The number of carbonyl (C=O) groups excluding carboxylic acids is 1. The van der Waals surface area contributed by atoms with Crippen molar-refractivity contribution < 1.29 is 22.7 Å². The average Bonchev–Trinajstić information content (AvgIpc) is 2.42. The lowest BCUT2D eigenvalue weighted by Crippen LogP contribution is -2.37. The standard InChI is InChI=1S/C14H19F3N2O2/c1-19(13(20)18-7-4-8-21-2)10-11-5-3-6-12(9-11)14(15,16)17/h3,5-6,9H,4,7-8,10H2,1-2H3,(H,18,20). The molecule has 1 N–H and O–H groups in total. The predicted octanol–water partition coefficient (Wildman–Crippen LogP) is 2.88. The summed E-state index contributed by atoms with van der Waals surface area (Å²) in [6.45, 7) is 1.11. The average molecular weight is 304 g/mol. The molecular weight excluding hydrogens is 285 g/mol. The monoisotopic (exact) mass is 304 g/mol. The minimum atomic E-state index is -4.38. The molecule has 1 aromatic rings. The molecule has 21 heavy (non-hydrogen) atoms. The fourth-order valence-electron chi connectivity index (χ4n) is 1.74. The van der Waals surface area contributed by atoms with Gasteiger partial charge in [0.15, 0.2) is 0 Å². The van der Waals surface area contributed by atoms with Crippen LogP contribution < -0.4 is 5.32 Å². The van der Waals surface area contributed by atoms with Crippen molar-refractivity contribution in [1.82, 2.24) is 10.2 Å². The molecular formula is C14H19F3N2O2. The molecule has 0 aliphatic heterocycles. The first-order valence-electron chi connectivity index (χ1n) is 6.48. The molecule has 4 nitrogen and oxygen atoms in total. The highest BCUT2D eigenvalue weighted by atomic mass is 19.4. The number of ether oxygens (including phenoxy) is 1. The van der Waals surface area contributed by atoms with Gasteiger partial charge in [-0.3, -0.25) is 0 Å². The molecule has 0 radical (unpaired) electrons.